The number of alkyl halides is 1. The summed E-state index contributed by atoms with van der Waals surface area (Å²) in [4.78, 5) is 24.6. The minimum absolute atomic E-state index is 0.0556. The Hall–Kier alpha value is -1.95. The number of carbonyl (C=O) groups excluding carboxylic acids is 2. The van der Waals surface area contributed by atoms with Crippen LogP contribution < -0.4 is 10.1 Å². The van der Waals surface area contributed by atoms with Crippen molar-refractivity contribution in [2.45, 2.75) is 65.2 Å². The first-order valence-corrected chi connectivity index (χ1v) is 8.93. The molecule has 0 aliphatic carbocycles. The lowest BCUT2D eigenvalue weighted by molar-refractivity contribution is -0.157. The van der Waals surface area contributed by atoms with E-state index in [-0.39, 0.29) is 12.5 Å². The molecule has 146 valence electrons. The molecular formula is C19H28ClNO5. The standard InChI is InChI=1S/C19H28ClNO5/c1-18(2,3)25-16(22)15(21-17(23)26-19(4,5)6)11-13-7-9-14(10-8-13)24-12-20/h7-10,15H,11-12H2,1-6H3,(H,21,23)/t15-/m1/s1. The fourth-order valence-corrected chi connectivity index (χ4v) is 2.16. The van der Waals surface area contributed by atoms with Gasteiger partial charge < -0.3 is 19.5 Å². The van der Waals surface area contributed by atoms with E-state index in [0.717, 1.165) is 5.56 Å². The maximum atomic E-state index is 12.5. The van der Waals surface area contributed by atoms with Gasteiger partial charge in [-0.1, -0.05) is 23.7 Å². The third kappa shape index (κ3) is 8.94. The number of halogens is 1. The zero-order chi connectivity index (χ0) is 20.0. The Kier molecular flexibility index (Phi) is 7.75. The Bertz CT molecular complexity index is 602. The molecule has 0 spiro atoms. The van der Waals surface area contributed by atoms with Gasteiger partial charge in [0.25, 0.3) is 0 Å². The second-order valence-corrected chi connectivity index (χ2v) is 8.05. The van der Waals surface area contributed by atoms with Gasteiger partial charge in [-0.2, -0.15) is 0 Å². The predicted octanol–water partition coefficient (Wildman–Crippen LogP) is 4.04. The molecule has 0 unspecified atom stereocenters. The van der Waals surface area contributed by atoms with Crippen LogP contribution in [0.2, 0.25) is 0 Å². The first-order valence-electron chi connectivity index (χ1n) is 8.40. The van der Waals surface area contributed by atoms with E-state index in [1.165, 1.54) is 0 Å². The number of esters is 1. The van der Waals surface area contributed by atoms with Crippen LogP contribution in [-0.2, 0) is 20.7 Å². The second kappa shape index (κ2) is 9.12. The summed E-state index contributed by atoms with van der Waals surface area (Å²) in [5, 5.41) is 2.60. The lowest BCUT2D eigenvalue weighted by Crippen LogP contribution is -2.47. The van der Waals surface area contributed by atoms with Gasteiger partial charge in [0.05, 0.1) is 0 Å². The van der Waals surface area contributed by atoms with Gasteiger partial charge in [0, 0.05) is 6.42 Å². The zero-order valence-corrected chi connectivity index (χ0v) is 17.0. The summed E-state index contributed by atoms with van der Waals surface area (Å²) < 4.78 is 15.8. The molecule has 0 radical (unpaired) electrons. The van der Waals surface area contributed by atoms with Gasteiger partial charge in [0.2, 0.25) is 0 Å². The summed E-state index contributed by atoms with van der Waals surface area (Å²) >= 11 is 5.53. The molecule has 0 saturated heterocycles. The average molecular weight is 386 g/mol. The van der Waals surface area contributed by atoms with E-state index in [4.69, 9.17) is 25.8 Å². The highest BCUT2D eigenvalue weighted by atomic mass is 35.5. The van der Waals surface area contributed by atoms with Crippen LogP contribution in [0.4, 0.5) is 4.79 Å². The van der Waals surface area contributed by atoms with Crippen molar-refractivity contribution in [2.24, 2.45) is 0 Å². The van der Waals surface area contributed by atoms with Gasteiger partial charge in [-0.15, -0.1) is 0 Å². The quantitative estimate of drug-likeness (QED) is 0.591. The van der Waals surface area contributed by atoms with Crippen molar-refractivity contribution in [3.63, 3.8) is 0 Å². The maximum Gasteiger partial charge on any atom is 0.408 e. The molecule has 0 aliphatic heterocycles. The van der Waals surface area contributed by atoms with Crippen LogP contribution in [0, 0.1) is 0 Å². The van der Waals surface area contributed by atoms with Crippen molar-refractivity contribution in [3.05, 3.63) is 29.8 Å². The number of benzene rings is 1. The molecule has 1 aromatic rings. The van der Waals surface area contributed by atoms with Crippen LogP contribution in [0.25, 0.3) is 0 Å². The maximum absolute atomic E-state index is 12.5. The van der Waals surface area contributed by atoms with Gasteiger partial charge in [-0.3, -0.25) is 0 Å². The lowest BCUT2D eigenvalue weighted by Gasteiger charge is -2.26. The second-order valence-electron chi connectivity index (χ2n) is 7.83. The van der Waals surface area contributed by atoms with Gasteiger partial charge in [-0.25, -0.2) is 9.59 Å². The SMILES string of the molecule is CC(C)(C)OC(=O)N[C@H](Cc1ccc(OCCl)cc1)C(=O)OC(C)(C)C. The molecule has 1 aromatic carbocycles. The van der Waals surface area contributed by atoms with Gasteiger partial charge in [0.1, 0.15) is 23.0 Å². The number of carbonyl (C=O) groups is 2. The van der Waals surface area contributed by atoms with Crippen LogP contribution in [0.3, 0.4) is 0 Å². The third-order valence-corrected chi connectivity index (χ3v) is 3.08. The van der Waals surface area contributed by atoms with Crippen molar-refractivity contribution in [2.75, 3.05) is 6.07 Å². The highest BCUT2D eigenvalue weighted by Crippen LogP contribution is 2.16. The Balaban J connectivity index is 2.88. The summed E-state index contributed by atoms with van der Waals surface area (Å²) in [7, 11) is 0. The molecule has 1 rings (SSSR count). The van der Waals surface area contributed by atoms with Crippen LogP contribution >= 0.6 is 11.6 Å². The molecule has 1 atom stereocenters. The number of hydrogen-bond acceptors (Lipinski definition) is 5. The largest absolute Gasteiger partial charge is 0.478 e. The number of alkyl carbamates (subject to hydrolysis) is 1. The molecular weight excluding hydrogens is 358 g/mol. The number of ether oxygens (including phenoxy) is 3. The monoisotopic (exact) mass is 385 g/mol. The fourth-order valence-electron chi connectivity index (χ4n) is 2.04. The van der Waals surface area contributed by atoms with E-state index in [9.17, 15) is 9.59 Å². The Morgan fingerprint density at radius 1 is 1.00 bits per heavy atom. The molecule has 0 aromatic heterocycles. The number of amides is 1. The van der Waals surface area contributed by atoms with Gasteiger partial charge >= 0.3 is 12.1 Å². The van der Waals surface area contributed by atoms with E-state index in [0.29, 0.717) is 5.75 Å². The van der Waals surface area contributed by atoms with Crippen LogP contribution in [0.15, 0.2) is 24.3 Å². The Morgan fingerprint density at radius 2 is 1.54 bits per heavy atom. The summed E-state index contributed by atoms with van der Waals surface area (Å²) in [5.41, 5.74) is -0.495. The van der Waals surface area contributed by atoms with Crippen LogP contribution in [0.1, 0.15) is 47.1 Å². The lowest BCUT2D eigenvalue weighted by atomic mass is 10.1. The molecule has 0 bridgehead atoms. The first kappa shape index (κ1) is 22.1. The number of nitrogens with one attached hydrogen (secondary N) is 1. The van der Waals surface area contributed by atoms with E-state index >= 15 is 0 Å². The van der Waals surface area contributed by atoms with E-state index in [1.807, 2.05) is 0 Å². The van der Waals surface area contributed by atoms with E-state index < -0.39 is 29.3 Å². The molecule has 0 aliphatic rings. The van der Waals surface area contributed by atoms with Crippen LogP contribution in [0.5, 0.6) is 5.75 Å². The molecule has 0 heterocycles. The summed E-state index contributed by atoms with van der Waals surface area (Å²) in [6.07, 6.45) is -0.412. The van der Waals surface area contributed by atoms with E-state index in [2.05, 4.69) is 5.32 Å². The molecule has 0 saturated carbocycles. The average Bonchev–Trinajstić information content (AvgIpc) is 2.45. The summed E-state index contributed by atoms with van der Waals surface area (Å²) in [6.45, 7) is 10.6. The van der Waals surface area contributed by atoms with Crippen molar-refractivity contribution >= 4 is 23.7 Å². The highest BCUT2D eigenvalue weighted by Gasteiger charge is 2.28. The molecule has 26 heavy (non-hydrogen) atoms. The fraction of sp³-hybridized carbons (Fsp3) is 0.579. The molecule has 1 N–H and O–H groups in total. The van der Waals surface area contributed by atoms with Crippen molar-refractivity contribution in [1.29, 1.82) is 0 Å². The normalized spacial score (nSPS) is 12.9. The highest BCUT2D eigenvalue weighted by molar-refractivity contribution is 6.17. The minimum Gasteiger partial charge on any atom is -0.478 e. The molecule has 7 heteroatoms. The predicted molar refractivity (Wildman–Crippen MR) is 100 cm³/mol. The van der Waals surface area contributed by atoms with Crippen molar-refractivity contribution in [1.82, 2.24) is 5.32 Å². The van der Waals surface area contributed by atoms with Crippen molar-refractivity contribution in [3.8, 4) is 5.75 Å². The van der Waals surface area contributed by atoms with E-state index in [1.54, 1.807) is 65.8 Å². The summed E-state index contributed by atoms with van der Waals surface area (Å²) in [5.74, 6) is 0.0992. The van der Waals surface area contributed by atoms with Crippen molar-refractivity contribution < 1.29 is 23.8 Å². The molecule has 6 nitrogen and oxygen atoms in total. The number of hydrogen-bond donors (Lipinski definition) is 1. The third-order valence-electron chi connectivity index (χ3n) is 2.97. The minimum atomic E-state index is -0.871. The first-order chi connectivity index (χ1) is 11.9. The molecule has 0 fully saturated rings. The molecule has 1 amide bonds. The Labute approximate surface area is 160 Å². The van der Waals surface area contributed by atoms with Crippen LogP contribution in [-0.4, -0.2) is 35.4 Å². The smallest absolute Gasteiger partial charge is 0.408 e. The number of rotatable bonds is 6. The Morgan fingerprint density at radius 3 is 2.00 bits per heavy atom. The van der Waals surface area contributed by atoms with Gasteiger partial charge in [0.15, 0.2) is 6.07 Å². The zero-order valence-electron chi connectivity index (χ0n) is 16.2. The van der Waals surface area contributed by atoms with Gasteiger partial charge in [-0.05, 0) is 59.2 Å². The topological polar surface area (TPSA) is 73.9 Å². The summed E-state index contributed by atoms with van der Waals surface area (Å²) in [6, 6.07) is 6.28.